The molecular weight excluding hydrogens is 182 g/mol. The van der Waals surface area contributed by atoms with Crippen LogP contribution >= 0.6 is 0 Å². The molecule has 1 N–H and O–H groups in total. The Morgan fingerprint density at radius 2 is 2.43 bits per heavy atom. The molecule has 74 valence electrons. The summed E-state index contributed by atoms with van der Waals surface area (Å²) in [4.78, 5) is 13.8. The SMILES string of the molecule is CNCC=Cc1ccc([N+](=O)[O-])cn1. The minimum Gasteiger partial charge on any atom is -0.316 e. The molecule has 1 aromatic heterocycles. The molecule has 14 heavy (non-hydrogen) atoms. The van der Waals surface area contributed by atoms with E-state index in [0.29, 0.717) is 5.69 Å². The number of rotatable bonds is 4. The third-order valence-corrected chi connectivity index (χ3v) is 1.59. The van der Waals surface area contributed by atoms with Gasteiger partial charge in [-0.05, 0) is 19.2 Å². The fraction of sp³-hybridized carbons (Fsp3) is 0.222. The van der Waals surface area contributed by atoms with Gasteiger partial charge in [0.1, 0.15) is 6.20 Å². The smallest absolute Gasteiger partial charge is 0.287 e. The highest BCUT2D eigenvalue weighted by molar-refractivity contribution is 5.46. The summed E-state index contributed by atoms with van der Waals surface area (Å²) in [5.74, 6) is 0. The van der Waals surface area contributed by atoms with E-state index in [1.54, 1.807) is 12.1 Å². The second kappa shape index (κ2) is 5.08. The van der Waals surface area contributed by atoms with Crippen LogP contribution in [0.1, 0.15) is 5.69 Å². The van der Waals surface area contributed by atoms with Gasteiger partial charge in [-0.1, -0.05) is 6.08 Å². The lowest BCUT2D eigenvalue weighted by Gasteiger charge is -1.92. The topological polar surface area (TPSA) is 68.1 Å². The first-order valence-corrected chi connectivity index (χ1v) is 4.15. The van der Waals surface area contributed by atoms with E-state index < -0.39 is 4.92 Å². The van der Waals surface area contributed by atoms with Crippen molar-refractivity contribution in [1.82, 2.24) is 10.3 Å². The normalized spacial score (nSPS) is 10.6. The van der Waals surface area contributed by atoms with Crippen molar-refractivity contribution >= 4 is 11.8 Å². The maximum Gasteiger partial charge on any atom is 0.287 e. The van der Waals surface area contributed by atoms with Crippen LogP contribution in [0.2, 0.25) is 0 Å². The van der Waals surface area contributed by atoms with Gasteiger partial charge >= 0.3 is 0 Å². The summed E-state index contributed by atoms with van der Waals surface area (Å²) in [6.45, 7) is 0.749. The van der Waals surface area contributed by atoms with Crippen molar-refractivity contribution in [2.24, 2.45) is 0 Å². The van der Waals surface area contributed by atoms with Crippen LogP contribution in [0.5, 0.6) is 0 Å². The van der Waals surface area contributed by atoms with Crippen LogP contribution in [0.25, 0.3) is 6.08 Å². The number of nitrogens with zero attached hydrogens (tertiary/aromatic N) is 2. The Balaban J connectivity index is 2.68. The van der Waals surface area contributed by atoms with Crippen molar-refractivity contribution in [1.29, 1.82) is 0 Å². The van der Waals surface area contributed by atoms with E-state index in [4.69, 9.17) is 0 Å². The first kappa shape index (κ1) is 10.3. The van der Waals surface area contributed by atoms with Gasteiger partial charge in [-0.25, -0.2) is 4.98 Å². The van der Waals surface area contributed by atoms with Crippen molar-refractivity contribution in [3.8, 4) is 0 Å². The van der Waals surface area contributed by atoms with E-state index in [1.165, 1.54) is 12.3 Å². The standard InChI is InChI=1S/C9H11N3O2/c1-10-6-2-3-8-4-5-9(7-11-8)12(13)14/h2-5,7,10H,6H2,1H3. The van der Waals surface area contributed by atoms with Gasteiger partial charge in [0.2, 0.25) is 0 Å². The monoisotopic (exact) mass is 193 g/mol. The van der Waals surface area contributed by atoms with Gasteiger partial charge in [0.25, 0.3) is 5.69 Å². The van der Waals surface area contributed by atoms with Gasteiger partial charge in [-0.2, -0.15) is 0 Å². The maximum atomic E-state index is 10.3. The summed E-state index contributed by atoms with van der Waals surface area (Å²) < 4.78 is 0. The molecule has 0 unspecified atom stereocenters. The molecule has 0 bridgehead atoms. The van der Waals surface area contributed by atoms with E-state index in [1.807, 2.05) is 13.1 Å². The molecule has 1 aromatic rings. The first-order valence-electron chi connectivity index (χ1n) is 4.15. The minimum atomic E-state index is -0.464. The van der Waals surface area contributed by atoms with Gasteiger partial charge in [-0.15, -0.1) is 0 Å². The van der Waals surface area contributed by atoms with Gasteiger partial charge in [0.05, 0.1) is 10.6 Å². The van der Waals surface area contributed by atoms with E-state index in [-0.39, 0.29) is 5.69 Å². The molecule has 5 heteroatoms. The van der Waals surface area contributed by atoms with Crippen LogP contribution in [0, 0.1) is 10.1 Å². The molecule has 0 amide bonds. The van der Waals surface area contributed by atoms with Crippen LogP contribution in [0.4, 0.5) is 5.69 Å². The van der Waals surface area contributed by atoms with Crippen molar-refractivity contribution < 1.29 is 4.92 Å². The largest absolute Gasteiger partial charge is 0.316 e. The summed E-state index contributed by atoms with van der Waals surface area (Å²) in [6.07, 6.45) is 4.95. The van der Waals surface area contributed by atoms with Gasteiger partial charge in [-0.3, -0.25) is 10.1 Å². The molecule has 0 aliphatic carbocycles. The molecule has 1 rings (SSSR count). The number of aromatic nitrogens is 1. The number of pyridine rings is 1. The Morgan fingerprint density at radius 1 is 1.64 bits per heavy atom. The number of nitrogens with one attached hydrogen (secondary N) is 1. The summed E-state index contributed by atoms with van der Waals surface area (Å²) in [6, 6.07) is 3.05. The van der Waals surface area contributed by atoms with Crippen LogP contribution < -0.4 is 5.32 Å². The van der Waals surface area contributed by atoms with Gasteiger partial charge in [0.15, 0.2) is 0 Å². The van der Waals surface area contributed by atoms with Crippen molar-refractivity contribution in [2.45, 2.75) is 0 Å². The lowest BCUT2D eigenvalue weighted by molar-refractivity contribution is -0.385. The van der Waals surface area contributed by atoms with Gasteiger partial charge < -0.3 is 5.32 Å². The molecule has 0 fully saturated rings. The highest BCUT2D eigenvalue weighted by Gasteiger charge is 2.02. The summed E-state index contributed by atoms with van der Waals surface area (Å²) >= 11 is 0. The number of hydrogen-bond acceptors (Lipinski definition) is 4. The Kier molecular flexibility index (Phi) is 3.75. The Bertz CT molecular complexity index is 332. The fourth-order valence-electron chi connectivity index (χ4n) is 0.902. The van der Waals surface area contributed by atoms with E-state index in [0.717, 1.165) is 6.54 Å². The molecule has 0 atom stereocenters. The van der Waals surface area contributed by atoms with Crippen molar-refractivity contribution in [2.75, 3.05) is 13.6 Å². The second-order valence-electron chi connectivity index (χ2n) is 2.66. The molecule has 0 aliphatic rings. The predicted molar refractivity (Wildman–Crippen MR) is 53.9 cm³/mol. The molecule has 0 saturated heterocycles. The third-order valence-electron chi connectivity index (χ3n) is 1.59. The summed E-state index contributed by atoms with van der Waals surface area (Å²) in [7, 11) is 1.84. The highest BCUT2D eigenvalue weighted by Crippen LogP contribution is 2.09. The molecule has 0 saturated carbocycles. The highest BCUT2D eigenvalue weighted by atomic mass is 16.6. The van der Waals surface area contributed by atoms with E-state index >= 15 is 0 Å². The van der Waals surface area contributed by atoms with Gasteiger partial charge in [0, 0.05) is 12.6 Å². The average molecular weight is 193 g/mol. The molecule has 0 aromatic carbocycles. The molecule has 0 radical (unpaired) electrons. The molecule has 0 aliphatic heterocycles. The zero-order valence-electron chi connectivity index (χ0n) is 7.80. The van der Waals surface area contributed by atoms with Crippen LogP contribution in [0.15, 0.2) is 24.4 Å². The number of likely N-dealkylation sites (N-methyl/N-ethyl adjacent to an activating group) is 1. The minimum absolute atomic E-state index is 0.00997. The predicted octanol–water partition coefficient (Wildman–Crippen LogP) is 1.22. The van der Waals surface area contributed by atoms with Crippen LogP contribution in [-0.4, -0.2) is 23.5 Å². The third kappa shape index (κ3) is 2.95. The van der Waals surface area contributed by atoms with E-state index in [2.05, 4.69) is 10.3 Å². The Hall–Kier alpha value is -1.75. The number of nitro groups is 1. The number of hydrogen-bond donors (Lipinski definition) is 1. The van der Waals surface area contributed by atoms with Crippen LogP contribution in [0.3, 0.4) is 0 Å². The fourth-order valence-corrected chi connectivity index (χ4v) is 0.902. The maximum absolute atomic E-state index is 10.3. The lowest BCUT2D eigenvalue weighted by Crippen LogP contribution is -2.03. The molecular formula is C9H11N3O2. The summed E-state index contributed by atoms with van der Waals surface area (Å²) in [5.41, 5.74) is 0.724. The Morgan fingerprint density at radius 3 is 2.93 bits per heavy atom. The van der Waals surface area contributed by atoms with Crippen LogP contribution in [-0.2, 0) is 0 Å². The average Bonchev–Trinajstić information content (AvgIpc) is 2.19. The summed E-state index contributed by atoms with van der Waals surface area (Å²) in [5, 5.41) is 13.3. The molecule has 5 nitrogen and oxygen atoms in total. The lowest BCUT2D eigenvalue weighted by atomic mass is 10.3. The zero-order chi connectivity index (χ0) is 10.4. The quantitative estimate of drug-likeness (QED) is 0.576. The molecule has 1 heterocycles. The Labute approximate surface area is 81.6 Å². The van der Waals surface area contributed by atoms with E-state index in [9.17, 15) is 10.1 Å². The van der Waals surface area contributed by atoms with Crippen molar-refractivity contribution in [3.63, 3.8) is 0 Å². The zero-order valence-corrected chi connectivity index (χ0v) is 7.80. The van der Waals surface area contributed by atoms with Crippen molar-refractivity contribution in [3.05, 3.63) is 40.2 Å². The molecule has 0 spiro atoms. The second-order valence-corrected chi connectivity index (χ2v) is 2.66. The first-order chi connectivity index (χ1) is 6.74.